The summed E-state index contributed by atoms with van der Waals surface area (Å²) in [5, 5.41) is 0. The fraction of sp³-hybridized carbons (Fsp3) is 0.929. The highest BCUT2D eigenvalue weighted by atomic mass is 16.2. The van der Waals surface area contributed by atoms with Gasteiger partial charge in [0.15, 0.2) is 0 Å². The van der Waals surface area contributed by atoms with Gasteiger partial charge in [-0.05, 0) is 39.5 Å². The lowest BCUT2D eigenvalue weighted by Crippen LogP contribution is -2.47. The minimum absolute atomic E-state index is 0.385. The molecule has 2 atom stereocenters. The van der Waals surface area contributed by atoms with Crippen molar-refractivity contribution in [2.45, 2.75) is 84.2 Å². The molecule has 0 bridgehead atoms. The molecular formula is C14H27NO. The molecule has 0 aliphatic carbocycles. The van der Waals surface area contributed by atoms with Crippen LogP contribution in [0.2, 0.25) is 0 Å². The van der Waals surface area contributed by atoms with Crippen LogP contribution in [0.5, 0.6) is 0 Å². The van der Waals surface area contributed by atoms with Gasteiger partial charge in [0.25, 0.3) is 0 Å². The van der Waals surface area contributed by atoms with Gasteiger partial charge in [-0.1, -0.05) is 26.2 Å². The van der Waals surface area contributed by atoms with Crippen LogP contribution < -0.4 is 0 Å². The first-order chi connectivity index (χ1) is 7.66. The van der Waals surface area contributed by atoms with Crippen LogP contribution in [-0.2, 0) is 4.79 Å². The molecule has 1 rings (SSSR count). The Balaban J connectivity index is 2.33. The van der Waals surface area contributed by atoms with Crippen LogP contribution >= 0.6 is 0 Å². The lowest BCUT2D eigenvalue weighted by molar-refractivity contribution is -0.137. The predicted octanol–water partition coefficient (Wildman–Crippen LogP) is 3.75. The number of rotatable bonds is 5. The Kier molecular flexibility index (Phi) is 5.86. The topological polar surface area (TPSA) is 20.3 Å². The van der Waals surface area contributed by atoms with Crippen molar-refractivity contribution in [2.75, 3.05) is 0 Å². The van der Waals surface area contributed by atoms with E-state index in [2.05, 4.69) is 25.7 Å². The molecule has 0 aromatic carbocycles. The maximum absolute atomic E-state index is 12.1. The van der Waals surface area contributed by atoms with Gasteiger partial charge in [0.05, 0.1) is 0 Å². The molecule has 1 fully saturated rings. The summed E-state index contributed by atoms with van der Waals surface area (Å²) in [7, 11) is 0. The number of hydrogen-bond acceptors (Lipinski definition) is 1. The molecular weight excluding hydrogens is 198 g/mol. The summed E-state index contributed by atoms with van der Waals surface area (Å²) in [5.41, 5.74) is 0. The highest BCUT2D eigenvalue weighted by Gasteiger charge is 2.27. The highest BCUT2D eigenvalue weighted by Crippen LogP contribution is 2.23. The summed E-state index contributed by atoms with van der Waals surface area (Å²) in [4.78, 5) is 14.2. The molecule has 1 heterocycles. The van der Waals surface area contributed by atoms with Crippen LogP contribution in [-0.4, -0.2) is 22.9 Å². The van der Waals surface area contributed by atoms with Gasteiger partial charge < -0.3 is 4.90 Å². The maximum atomic E-state index is 12.1. The molecule has 0 saturated carbocycles. The van der Waals surface area contributed by atoms with E-state index in [0.29, 0.717) is 18.0 Å². The van der Waals surface area contributed by atoms with E-state index in [1.165, 1.54) is 38.5 Å². The molecule has 2 nitrogen and oxygen atoms in total. The molecule has 1 saturated heterocycles. The fourth-order valence-electron chi connectivity index (χ4n) is 2.74. The van der Waals surface area contributed by atoms with Crippen molar-refractivity contribution in [3.8, 4) is 0 Å². The van der Waals surface area contributed by atoms with Crippen molar-refractivity contribution in [2.24, 2.45) is 0 Å². The molecule has 0 unspecified atom stereocenters. The second-order valence-corrected chi connectivity index (χ2v) is 5.24. The third-order valence-electron chi connectivity index (χ3n) is 3.73. The number of carbonyl (C=O) groups is 1. The van der Waals surface area contributed by atoms with Crippen LogP contribution in [0.25, 0.3) is 0 Å². The Morgan fingerprint density at radius 3 is 2.31 bits per heavy atom. The molecule has 0 radical (unpaired) electrons. The number of amides is 1. The van der Waals surface area contributed by atoms with Gasteiger partial charge in [-0.2, -0.15) is 0 Å². The molecule has 0 aromatic rings. The Bertz CT molecular complexity index is 205. The first kappa shape index (κ1) is 13.5. The van der Waals surface area contributed by atoms with E-state index >= 15 is 0 Å². The Morgan fingerprint density at radius 1 is 1.12 bits per heavy atom. The van der Waals surface area contributed by atoms with Gasteiger partial charge in [0.1, 0.15) is 0 Å². The van der Waals surface area contributed by atoms with E-state index in [1.807, 2.05) is 0 Å². The second-order valence-electron chi connectivity index (χ2n) is 5.24. The Hall–Kier alpha value is -0.530. The van der Waals surface area contributed by atoms with E-state index in [1.54, 1.807) is 0 Å². The lowest BCUT2D eigenvalue weighted by atomic mass is 9.96. The summed E-state index contributed by atoms with van der Waals surface area (Å²) in [5.74, 6) is 0.385. The molecule has 1 aliphatic heterocycles. The number of hydrogen-bond donors (Lipinski definition) is 0. The Morgan fingerprint density at radius 2 is 1.75 bits per heavy atom. The van der Waals surface area contributed by atoms with Crippen LogP contribution in [0.1, 0.15) is 72.1 Å². The molecule has 94 valence electrons. The van der Waals surface area contributed by atoms with Crippen LogP contribution in [0.4, 0.5) is 0 Å². The van der Waals surface area contributed by atoms with Crippen molar-refractivity contribution in [3.05, 3.63) is 0 Å². The van der Waals surface area contributed by atoms with E-state index in [4.69, 9.17) is 0 Å². The predicted molar refractivity (Wildman–Crippen MR) is 68.4 cm³/mol. The standard InChI is InChI=1S/C14H27NO/c1-4-5-6-7-11-14(16)15-12(2)9-8-10-13(15)3/h12-13H,4-11H2,1-3H3/t12-,13+. The largest absolute Gasteiger partial charge is 0.337 e. The molecule has 16 heavy (non-hydrogen) atoms. The smallest absolute Gasteiger partial charge is 0.223 e. The van der Waals surface area contributed by atoms with Crippen molar-refractivity contribution in [1.82, 2.24) is 4.90 Å². The number of nitrogens with zero attached hydrogens (tertiary/aromatic N) is 1. The van der Waals surface area contributed by atoms with Gasteiger partial charge in [-0.25, -0.2) is 0 Å². The van der Waals surface area contributed by atoms with Gasteiger partial charge in [0.2, 0.25) is 5.91 Å². The fourth-order valence-corrected chi connectivity index (χ4v) is 2.74. The van der Waals surface area contributed by atoms with Gasteiger partial charge >= 0.3 is 0 Å². The van der Waals surface area contributed by atoms with Crippen molar-refractivity contribution in [1.29, 1.82) is 0 Å². The van der Waals surface area contributed by atoms with Gasteiger partial charge in [-0.3, -0.25) is 4.79 Å². The monoisotopic (exact) mass is 225 g/mol. The van der Waals surface area contributed by atoms with E-state index in [9.17, 15) is 4.79 Å². The minimum atomic E-state index is 0.385. The SMILES string of the molecule is CCCCCCC(=O)N1[C@H](C)CCC[C@@H]1C. The number of unbranched alkanes of at least 4 members (excludes halogenated alkanes) is 3. The molecule has 0 spiro atoms. The number of likely N-dealkylation sites (tertiary alicyclic amines) is 1. The summed E-state index contributed by atoms with van der Waals surface area (Å²) < 4.78 is 0. The van der Waals surface area contributed by atoms with Crippen molar-refractivity contribution < 1.29 is 4.79 Å². The normalized spacial score (nSPS) is 25.8. The van der Waals surface area contributed by atoms with Crippen LogP contribution in [0, 0.1) is 0 Å². The maximum Gasteiger partial charge on any atom is 0.223 e. The molecule has 0 N–H and O–H groups in total. The van der Waals surface area contributed by atoms with E-state index < -0.39 is 0 Å². The van der Waals surface area contributed by atoms with Crippen molar-refractivity contribution in [3.63, 3.8) is 0 Å². The first-order valence-corrected chi connectivity index (χ1v) is 6.98. The van der Waals surface area contributed by atoms with Crippen LogP contribution in [0.3, 0.4) is 0 Å². The van der Waals surface area contributed by atoms with Crippen molar-refractivity contribution >= 4 is 5.91 Å². The average molecular weight is 225 g/mol. The molecule has 1 amide bonds. The minimum Gasteiger partial charge on any atom is -0.337 e. The second kappa shape index (κ2) is 6.93. The Labute approximate surface area is 100 Å². The third kappa shape index (κ3) is 3.80. The third-order valence-corrected chi connectivity index (χ3v) is 3.73. The quantitative estimate of drug-likeness (QED) is 0.653. The zero-order valence-electron chi connectivity index (χ0n) is 11.2. The molecule has 2 heteroatoms. The van der Waals surface area contributed by atoms with Crippen LogP contribution in [0.15, 0.2) is 0 Å². The zero-order valence-corrected chi connectivity index (χ0v) is 11.2. The summed E-state index contributed by atoms with van der Waals surface area (Å²) in [6.07, 6.45) is 9.19. The summed E-state index contributed by atoms with van der Waals surface area (Å²) in [6.45, 7) is 6.59. The number of piperidine rings is 1. The molecule has 0 aromatic heterocycles. The van der Waals surface area contributed by atoms with E-state index in [-0.39, 0.29) is 0 Å². The van der Waals surface area contributed by atoms with E-state index in [0.717, 1.165) is 12.8 Å². The zero-order chi connectivity index (χ0) is 12.0. The summed E-state index contributed by atoms with van der Waals surface area (Å²) >= 11 is 0. The first-order valence-electron chi connectivity index (χ1n) is 6.98. The molecule has 1 aliphatic rings. The average Bonchev–Trinajstić information content (AvgIpc) is 2.24. The number of carbonyl (C=O) groups excluding carboxylic acids is 1. The van der Waals surface area contributed by atoms with Gasteiger partial charge in [0, 0.05) is 18.5 Å². The van der Waals surface area contributed by atoms with Gasteiger partial charge in [-0.15, -0.1) is 0 Å². The lowest BCUT2D eigenvalue weighted by Gasteiger charge is -2.39. The highest BCUT2D eigenvalue weighted by molar-refractivity contribution is 5.76. The summed E-state index contributed by atoms with van der Waals surface area (Å²) in [6, 6.07) is 0.921.